The molecular weight excluding hydrogens is 198 g/mol. The minimum absolute atomic E-state index is 0.202. The molecule has 5 heteroatoms. The van der Waals surface area contributed by atoms with E-state index in [-0.39, 0.29) is 18.2 Å². The van der Waals surface area contributed by atoms with Crippen LogP contribution in [0.1, 0.15) is 20.8 Å². The predicted octanol–water partition coefficient (Wildman–Crippen LogP) is 0.389. The highest BCUT2D eigenvalue weighted by molar-refractivity contribution is 5.78. The number of hydrogen-bond acceptors (Lipinski definition) is 4. The lowest BCUT2D eigenvalue weighted by Crippen LogP contribution is -2.46. The first kappa shape index (κ1) is 12.0. The standard InChI is InChI=1S/C10H17NO4/c1-10(2,3)9-11(6-12)7(5-15-9)8(13)14-4/h6-7,9H,5H2,1-4H3/t7-,9?/m0/s1. The number of rotatable bonds is 2. The Morgan fingerprint density at radius 2 is 2.13 bits per heavy atom. The summed E-state index contributed by atoms with van der Waals surface area (Å²) in [5, 5.41) is 0. The van der Waals surface area contributed by atoms with Crippen LogP contribution in [0.3, 0.4) is 0 Å². The average molecular weight is 215 g/mol. The van der Waals surface area contributed by atoms with Crippen molar-refractivity contribution in [2.45, 2.75) is 33.0 Å². The molecule has 1 heterocycles. The Balaban J connectivity index is 2.83. The fourth-order valence-corrected chi connectivity index (χ4v) is 1.67. The van der Waals surface area contributed by atoms with Crippen molar-refractivity contribution in [3.63, 3.8) is 0 Å². The monoisotopic (exact) mass is 215 g/mol. The van der Waals surface area contributed by atoms with E-state index < -0.39 is 12.0 Å². The molecule has 1 rings (SSSR count). The molecular formula is C10H17NO4. The van der Waals surface area contributed by atoms with Gasteiger partial charge in [0.05, 0.1) is 13.7 Å². The van der Waals surface area contributed by atoms with Crippen LogP contribution in [0.15, 0.2) is 0 Å². The first-order valence-electron chi connectivity index (χ1n) is 4.84. The van der Waals surface area contributed by atoms with Crippen molar-refractivity contribution in [2.75, 3.05) is 13.7 Å². The maximum absolute atomic E-state index is 11.4. The summed E-state index contributed by atoms with van der Waals surface area (Å²) in [4.78, 5) is 23.7. The van der Waals surface area contributed by atoms with Crippen LogP contribution in [-0.2, 0) is 19.1 Å². The van der Waals surface area contributed by atoms with Gasteiger partial charge in [0.2, 0.25) is 6.41 Å². The number of nitrogens with zero attached hydrogens (tertiary/aromatic N) is 1. The van der Waals surface area contributed by atoms with E-state index in [1.54, 1.807) is 0 Å². The van der Waals surface area contributed by atoms with E-state index in [2.05, 4.69) is 4.74 Å². The van der Waals surface area contributed by atoms with Crippen molar-refractivity contribution in [1.82, 2.24) is 4.90 Å². The summed E-state index contributed by atoms with van der Waals surface area (Å²) in [6.07, 6.45) is 0.268. The fraction of sp³-hybridized carbons (Fsp3) is 0.800. The summed E-state index contributed by atoms with van der Waals surface area (Å²) in [5.41, 5.74) is -0.219. The molecule has 1 aliphatic rings. The van der Waals surface area contributed by atoms with E-state index in [0.717, 1.165) is 0 Å². The molecule has 15 heavy (non-hydrogen) atoms. The van der Waals surface area contributed by atoms with Crippen LogP contribution >= 0.6 is 0 Å². The van der Waals surface area contributed by atoms with Crippen LogP contribution in [0.25, 0.3) is 0 Å². The summed E-state index contributed by atoms with van der Waals surface area (Å²) in [5.74, 6) is -0.436. The van der Waals surface area contributed by atoms with Gasteiger partial charge in [-0.1, -0.05) is 20.8 Å². The molecule has 1 aliphatic heterocycles. The number of hydrogen-bond donors (Lipinski definition) is 0. The van der Waals surface area contributed by atoms with Gasteiger partial charge in [0.25, 0.3) is 0 Å². The Morgan fingerprint density at radius 3 is 2.53 bits per heavy atom. The number of carbonyl (C=O) groups is 2. The van der Waals surface area contributed by atoms with E-state index in [1.165, 1.54) is 12.0 Å². The zero-order valence-electron chi connectivity index (χ0n) is 9.52. The lowest BCUT2D eigenvalue weighted by molar-refractivity contribution is -0.150. The Kier molecular flexibility index (Phi) is 3.34. The summed E-state index contributed by atoms with van der Waals surface area (Å²) in [6, 6.07) is -0.614. The number of ether oxygens (including phenoxy) is 2. The normalized spacial score (nSPS) is 26.5. The van der Waals surface area contributed by atoms with Gasteiger partial charge in [0.15, 0.2) is 6.04 Å². The quantitative estimate of drug-likeness (QED) is 0.494. The highest BCUT2D eigenvalue weighted by Gasteiger charge is 2.44. The van der Waals surface area contributed by atoms with Crippen molar-refractivity contribution in [3.8, 4) is 0 Å². The van der Waals surface area contributed by atoms with Gasteiger partial charge >= 0.3 is 5.97 Å². The Bertz CT molecular complexity index is 259. The van der Waals surface area contributed by atoms with Crippen LogP contribution in [0.5, 0.6) is 0 Å². The van der Waals surface area contributed by atoms with Crippen molar-refractivity contribution in [2.24, 2.45) is 5.41 Å². The van der Waals surface area contributed by atoms with Crippen molar-refractivity contribution in [1.29, 1.82) is 0 Å². The van der Waals surface area contributed by atoms with Gasteiger partial charge in [-0.05, 0) is 0 Å². The molecule has 5 nitrogen and oxygen atoms in total. The molecule has 0 aromatic rings. The van der Waals surface area contributed by atoms with Crippen LogP contribution < -0.4 is 0 Å². The van der Waals surface area contributed by atoms with Gasteiger partial charge in [-0.2, -0.15) is 0 Å². The molecule has 0 aliphatic carbocycles. The Morgan fingerprint density at radius 1 is 1.53 bits per heavy atom. The predicted molar refractivity (Wildman–Crippen MR) is 52.9 cm³/mol. The third-order valence-electron chi connectivity index (χ3n) is 2.38. The molecule has 0 radical (unpaired) electrons. The molecule has 0 aromatic heterocycles. The average Bonchev–Trinajstić information content (AvgIpc) is 2.59. The second-order valence-electron chi connectivity index (χ2n) is 4.64. The minimum atomic E-state index is -0.614. The van der Waals surface area contributed by atoms with Crippen molar-refractivity contribution in [3.05, 3.63) is 0 Å². The van der Waals surface area contributed by atoms with Gasteiger partial charge < -0.3 is 14.4 Å². The molecule has 1 fully saturated rings. The van der Waals surface area contributed by atoms with Gasteiger partial charge in [-0.25, -0.2) is 4.79 Å². The van der Waals surface area contributed by atoms with Crippen molar-refractivity contribution >= 4 is 12.4 Å². The van der Waals surface area contributed by atoms with E-state index in [4.69, 9.17) is 4.74 Å². The summed E-state index contributed by atoms with van der Waals surface area (Å²) in [7, 11) is 1.30. The summed E-state index contributed by atoms with van der Waals surface area (Å²) >= 11 is 0. The van der Waals surface area contributed by atoms with Crippen molar-refractivity contribution < 1.29 is 19.1 Å². The molecule has 0 spiro atoms. The Hall–Kier alpha value is -1.10. The first-order valence-corrected chi connectivity index (χ1v) is 4.84. The molecule has 86 valence electrons. The second-order valence-corrected chi connectivity index (χ2v) is 4.64. The maximum Gasteiger partial charge on any atom is 0.331 e. The highest BCUT2D eigenvalue weighted by Crippen LogP contribution is 2.30. The van der Waals surface area contributed by atoms with Crippen LogP contribution in [0.2, 0.25) is 0 Å². The zero-order valence-corrected chi connectivity index (χ0v) is 9.52. The largest absolute Gasteiger partial charge is 0.467 e. The minimum Gasteiger partial charge on any atom is -0.467 e. The number of methoxy groups -OCH3 is 1. The number of amides is 1. The van der Waals surface area contributed by atoms with E-state index in [9.17, 15) is 9.59 Å². The Labute approximate surface area is 89.3 Å². The van der Waals surface area contributed by atoms with Gasteiger partial charge in [0.1, 0.15) is 6.23 Å². The van der Waals surface area contributed by atoms with Gasteiger partial charge in [-0.3, -0.25) is 4.79 Å². The second kappa shape index (κ2) is 4.18. The van der Waals surface area contributed by atoms with E-state index in [0.29, 0.717) is 6.41 Å². The molecule has 0 bridgehead atoms. The fourth-order valence-electron chi connectivity index (χ4n) is 1.67. The van der Waals surface area contributed by atoms with E-state index >= 15 is 0 Å². The SMILES string of the molecule is COC(=O)[C@@H]1COC(C(C)(C)C)N1C=O. The molecule has 0 N–H and O–H groups in total. The third kappa shape index (κ3) is 2.28. The first-order chi connectivity index (χ1) is 6.91. The maximum atomic E-state index is 11.4. The van der Waals surface area contributed by atoms with Crippen LogP contribution in [-0.4, -0.2) is 43.3 Å². The smallest absolute Gasteiger partial charge is 0.331 e. The molecule has 1 amide bonds. The zero-order chi connectivity index (χ0) is 11.6. The molecule has 2 atom stereocenters. The molecule has 0 aromatic carbocycles. The van der Waals surface area contributed by atoms with Crippen LogP contribution in [0, 0.1) is 5.41 Å². The third-order valence-corrected chi connectivity index (χ3v) is 2.38. The van der Waals surface area contributed by atoms with Crippen LogP contribution in [0.4, 0.5) is 0 Å². The van der Waals surface area contributed by atoms with Gasteiger partial charge in [0, 0.05) is 5.41 Å². The molecule has 1 saturated heterocycles. The van der Waals surface area contributed by atoms with E-state index in [1.807, 2.05) is 20.8 Å². The lowest BCUT2D eigenvalue weighted by Gasteiger charge is -2.32. The molecule has 1 unspecified atom stereocenters. The lowest BCUT2D eigenvalue weighted by atomic mass is 9.93. The number of carbonyl (C=O) groups excluding carboxylic acids is 2. The number of esters is 1. The highest BCUT2D eigenvalue weighted by atomic mass is 16.5. The summed E-state index contributed by atoms with van der Waals surface area (Å²) < 4.78 is 10.1. The molecule has 0 saturated carbocycles. The van der Waals surface area contributed by atoms with Gasteiger partial charge in [-0.15, -0.1) is 0 Å². The topological polar surface area (TPSA) is 55.8 Å². The summed E-state index contributed by atoms with van der Waals surface area (Å²) in [6.45, 7) is 6.06.